The van der Waals surface area contributed by atoms with Gasteiger partial charge in [-0.25, -0.2) is 8.78 Å². The highest BCUT2D eigenvalue weighted by molar-refractivity contribution is 5.84. The largest absolute Gasteiger partial charge is 0.372 e. The fourth-order valence-corrected chi connectivity index (χ4v) is 2.30. The van der Waals surface area contributed by atoms with Gasteiger partial charge >= 0.3 is 0 Å². The molecule has 1 aromatic carbocycles. The lowest BCUT2D eigenvalue weighted by atomic mass is 10.2. The van der Waals surface area contributed by atoms with Gasteiger partial charge in [0, 0.05) is 12.1 Å². The zero-order valence-electron chi connectivity index (χ0n) is 10.9. The minimum absolute atomic E-state index is 0.135. The van der Waals surface area contributed by atoms with Crippen LogP contribution in [0.25, 0.3) is 0 Å². The zero-order chi connectivity index (χ0) is 13.8. The van der Waals surface area contributed by atoms with Crippen molar-refractivity contribution in [3.8, 4) is 0 Å². The minimum Gasteiger partial charge on any atom is -0.372 e. The van der Waals surface area contributed by atoms with Crippen LogP contribution >= 0.6 is 0 Å². The van der Waals surface area contributed by atoms with E-state index in [1.807, 2.05) is 0 Å². The first-order valence-corrected chi connectivity index (χ1v) is 6.58. The average molecular weight is 268 g/mol. The third kappa shape index (κ3) is 3.66. The Morgan fingerprint density at radius 2 is 2.00 bits per heavy atom. The van der Waals surface area contributed by atoms with Crippen molar-refractivity contribution in [2.75, 3.05) is 5.32 Å². The molecule has 1 aromatic rings. The maximum absolute atomic E-state index is 13.4. The highest BCUT2D eigenvalue weighted by Crippen LogP contribution is 2.19. The number of hydrogen-bond acceptors (Lipinski definition) is 2. The Bertz CT molecular complexity index is 459. The maximum atomic E-state index is 13.4. The maximum Gasteiger partial charge on any atom is 0.242 e. The van der Waals surface area contributed by atoms with Crippen LogP contribution in [-0.4, -0.2) is 18.0 Å². The molecule has 1 amide bonds. The van der Waals surface area contributed by atoms with Crippen LogP contribution in [0.3, 0.4) is 0 Å². The lowest BCUT2D eigenvalue weighted by Gasteiger charge is -2.18. The van der Waals surface area contributed by atoms with E-state index in [0.29, 0.717) is 0 Å². The predicted molar refractivity (Wildman–Crippen MR) is 69.8 cm³/mol. The molecule has 0 radical (unpaired) electrons. The summed E-state index contributed by atoms with van der Waals surface area (Å²) in [5.74, 6) is -1.48. The molecule has 2 N–H and O–H groups in total. The van der Waals surface area contributed by atoms with Crippen LogP contribution in [-0.2, 0) is 4.79 Å². The molecule has 3 nitrogen and oxygen atoms in total. The molecule has 1 fully saturated rings. The molecule has 1 saturated carbocycles. The van der Waals surface area contributed by atoms with Crippen molar-refractivity contribution in [2.24, 2.45) is 0 Å². The van der Waals surface area contributed by atoms with Crippen molar-refractivity contribution < 1.29 is 13.6 Å². The second kappa shape index (κ2) is 5.99. The van der Waals surface area contributed by atoms with Crippen molar-refractivity contribution in [3.05, 3.63) is 29.8 Å². The van der Waals surface area contributed by atoms with Gasteiger partial charge in [0.05, 0.1) is 5.69 Å². The molecule has 0 aromatic heterocycles. The van der Waals surface area contributed by atoms with Crippen molar-refractivity contribution >= 4 is 11.6 Å². The normalized spacial score (nSPS) is 17.2. The molecule has 1 aliphatic carbocycles. The lowest BCUT2D eigenvalue weighted by molar-refractivity contribution is -0.122. The number of halogens is 2. The number of carbonyl (C=O) groups excluding carboxylic acids is 1. The van der Waals surface area contributed by atoms with E-state index in [9.17, 15) is 13.6 Å². The van der Waals surface area contributed by atoms with E-state index in [-0.39, 0.29) is 17.6 Å². The summed E-state index contributed by atoms with van der Waals surface area (Å²) in [7, 11) is 0. The molecule has 19 heavy (non-hydrogen) atoms. The molecule has 0 aliphatic heterocycles. The van der Waals surface area contributed by atoms with Crippen molar-refractivity contribution in [3.63, 3.8) is 0 Å². The van der Waals surface area contributed by atoms with Gasteiger partial charge in [-0.15, -0.1) is 0 Å². The first-order valence-electron chi connectivity index (χ1n) is 6.58. The Hall–Kier alpha value is -1.65. The third-order valence-electron chi connectivity index (χ3n) is 3.40. The Kier molecular flexibility index (Phi) is 4.35. The van der Waals surface area contributed by atoms with E-state index in [1.54, 1.807) is 6.92 Å². The number of anilines is 1. The molecule has 0 spiro atoms. The van der Waals surface area contributed by atoms with Crippen LogP contribution in [0.4, 0.5) is 14.5 Å². The van der Waals surface area contributed by atoms with Gasteiger partial charge in [-0.1, -0.05) is 12.8 Å². The summed E-state index contributed by atoms with van der Waals surface area (Å²) in [6.07, 6.45) is 4.28. The molecular weight excluding hydrogens is 250 g/mol. The second-order valence-electron chi connectivity index (χ2n) is 4.98. The summed E-state index contributed by atoms with van der Waals surface area (Å²) in [5, 5.41) is 5.69. The number of hydrogen-bond donors (Lipinski definition) is 2. The summed E-state index contributed by atoms with van der Waals surface area (Å²) >= 11 is 0. The van der Waals surface area contributed by atoms with Crippen molar-refractivity contribution in [2.45, 2.75) is 44.7 Å². The Morgan fingerprint density at radius 3 is 2.63 bits per heavy atom. The van der Waals surface area contributed by atoms with E-state index < -0.39 is 17.7 Å². The van der Waals surface area contributed by atoms with E-state index in [2.05, 4.69) is 10.6 Å². The summed E-state index contributed by atoms with van der Waals surface area (Å²) in [4.78, 5) is 11.9. The SMILES string of the molecule is C[C@H](Nc1ccc(F)cc1F)C(=O)NC1CCCC1. The molecule has 0 heterocycles. The van der Waals surface area contributed by atoms with Crippen molar-refractivity contribution in [1.82, 2.24) is 5.32 Å². The van der Waals surface area contributed by atoms with Crippen LogP contribution in [0.5, 0.6) is 0 Å². The van der Waals surface area contributed by atoms with Crippen molar-refractivity contribution in [1.29, 1.82) is 0 Å². The third-order valence-corrected chi connectivity index (χ3v) is 3.40. The van der Waals surface area contributed by atoms with Crippen LogP contribution < -0.4 is 10.6 Å². The fourth-order valence-electron chi connectivity index (χ4n) is 2.30. The van der Waals surface area contributed by atoms with Crippen LogP contribution in [0.2, 0.25) is 0 Å². The zero-order valence-corrected chi connectivity index (χ0v) is 10.9. The molecule has 104 valence electrons. The number of nitrogens with one attached hydrogen (secondary N) is 2. The molecule has 0 bridgehead atoms. The monoisotopic (exact) mass is 268 g/mol. The van der Waals surface area contributed by atoms with Gasteiger partial charge in [0.2, 0.25) is 5.91 Å². The summed E-state index contributed by atoms with van der Waals surface area (Å²) in [6.45, 7) is 1.66. The lowest BCUT2D eigenvalue weighted by Crippen LogP contribution is -2.42. The standard InChI is InChI=1S/C14H18F2N2O/c1-9(14(19)18-11-4-2-3-5-11)17-13-7-6-10(15)8-12(13)16/h6-9,11,17H,2-5H2,1H3,(H,18,19)/t9-/m0/s1. The van der Waals surface area contributed by atoms with Gasteiger partial charge in [0.15, 0.2) is 0 Å². The average Bonchev–Trinajstić information content (AvgIpc) is 2.85. The van der Waals surface area contributed by atoms with Crippen LogP contribution in [0.15, 0.2) is 18.2 Å². The van der Waals surface area contributed by atoms with Gasteiger partial charge in [0.25, 0.3) is 0 Å². The smallest absolute Gasteiger partial charge is 0.242 e. The van der Waals surface area contributed by atoms with Crippen LogP contribution in [0, 0.1) is 11.6 Å². The molecule has 5 heteroatoms. The predicted octanol–water partition coefficient (Wildman–Crippen LogP) is 2.82. The van der Waals surface area contributed by atoms with E-state index in [1.165, 1.54) is 6.07 Å². The Labute approximate surface area is 111 Å². The highest BCUT2D eigenvalue weighted by atomic mass is 19.1. The van der Waals surface area contributed by atoms with Gasteiger partial charge in [0.1, 0.15) is 17.7 Å². The first-order chi connectivity index (χ1) is 9.06. The van der Waals surface area contributed by atoms with Gasteiger partial charge in [-0.05, 0) is 31.9 Å². The fraction of sp³-hybridized carbons (Fsp3) is 0.500. The molecule has 1 aliphatic rings. The molecule has 0 unspecified atom stereocenters. The molecule has 1 atom stereocenters. The topological polar surface area (TPSA) is 41.1 Å². The highest BCUT2D eigenvalue weighted by Gasteiger charge is 2.21. The summed E-state index contributed by atoms with van der Waals surface area (Å²) in [5.41, 5.74) is 0.135. The number of amides is 1. The van der Waals surface area contributed by atoms with Gasteiger partial charge in [-0.2, -0.15) is 0 Å². The van der Waals surface area contributed by atoms with Gasteiger partial charge < -0.3 is 10.6 Å². The van der Waals surface area contributed by atoms with Gasteiger partial charge in [-0.3, -0.25) is 4.79 Å². The summed E-state index contributed by atoms with van der Waals surface area (Å²) in [6, 6.07) is 2.93. The summed E-state index contributed by atoms with van der Waals surface area (Å²) < 4.78 is 26.2. The minimum atomic E-state index is -0.694. The number of benzene rings is 1. The Morgan fingerprint density at radius 1 is 1.32 bits per heavy atom. The van der Waals surface area contributed by atoms with E-state index >= 15 is 0 Å². The molecule has 0 saturated heterocycles. The Balaban J connectivity index is 1.92. The van der Waals surface area contributed by atoms with E-state index in [4.69, 9.17) is 0 Å². The molecular formula is C14H18F2N2O. The van der Waals surface area contributed by atoms with Crippen LogP contribution in [0.1, 0.15) is 32.6 Å². The molecule has 2 rings (SSSR count). The first kappa shape index (κ1) is 13.8. The number of carbonyl (C=O) groups is 1. The van der Waals surface area contributed by atoms with E-state index in [0.717, 1.165) is 37.8 Å². The second-order valence-corrected chi connectivity index (χ2v) is 4.98. The quantitative estimate of drug-likeness (QED) is 0.881. The number of rotatable bonds is 4.